The van der Waals surface area contributed by atoms with Crippen molar-refractivity contribution < 1.29 is 4.39 Å². The second kappa shape index (κ2) is 14.7. The number of hydrogen-bond donors (Lipinski definition) is 1. The molecule has 0 heterocycles. The number of aryl methyl sites for hydroxylation is 1. The predicted molar refractivity (Wildman–Crippen MR) is 99.4 cm³/mol. The Balaban J connectivity index is 1.77. The maximum absolute atomic E-state index is 12.8. The molecule has 0 amide bonds. The van der Waals surface area contributed by atoms with Crippen LogP contribution in [-0.2, 0) is 6.42 Å². The van der Waals surface area contributed by atoms with Crippen LogP contribution in [0.2, 0.25) is 0 Å². The van der Waals surface area contributed by atoms with Gasteiger partial charge in [0.1, 0.15) is 5.82 Å². The Hall–Kier alpha value is -0.890. The predicted octanol–water partition coefficient (Wildman–Crippen LogP) is 6.27. The Kier molecular flexibility index (Phi) is 12.9. The highest BCUT2D eigenvalue weighted by Gasteiger charge is 1.95. The average molecular weight is 322 g/mol. The van der Waals surface area contributed by atoms with E-state index in [4.69, 9.17) is 0 Å². The zero-order valence-corrected chi connectivity index (χ0v) is 15.1. The second-order valence-electron chi connectivity index (χ2n) is 6.66. The molecule has 1 aromatic carbocycles. The molecule has 0 fully saturated rings. The molecule has 0 aliphatic heterocycles. The highest BCUT2D eigenvalue weighted by molar-refractivity contribution is 5.15. The Morgan fingerprint density at radius 3 is 1.83 bits per heavy atom. The van der Waals surface area contributed by atoms with Crippen LogP contribution in [0.3, 0.4) is 0 Å². The van der Waals surface area contributed by atoms with E-state index in [1.165, 1.54) is 76.2 Å². The van der Waals surface area contributed by atoms with E-state index in [2.05, 4.69) is 12.2 Å². The van der Waals surface area contributed by atoms with E-state index in [-0.39, 0.29) is 5.82 Å². The number of rotatable bonds is 15. The first-order valence-electron chi connectivity index (χ1n) is 9.78. The molecule has 0 atom stereocenters. The summed E-state index contributed by atoms with van der Waals surface area (Å²) in [5, 5.41) is 3.54. The Morgan fingerprint density at radius 1 is 0.696 bits per heavy atom. The van der Waals surface area contributed by atoms with Gasteiger partial charge in [0.05, 0.1) is 0 Å². The smallest absolute Gasteiger partial charge is 0.123 e. The molecule has 1 nitrogen and oxygen atoms in total. The summed E-state index contributed by atoms with van der Waals surface area (Å²) < 4.78 is 12.8. The van der Waals surface area contributed by atoms with E-state index in [0.717, 1.165) is 19.5 Å². The lowest BCUT2D eigenvalue weighted by Gasteiger charge is -2.05. The maximum atomic E-state index is 12.8. The van der Waals surface area contributed by atoms with Gasteiger partial charge in [-0.15, -0.1) is 0 Å². The summed E-state index contributed by atoms with van der Waals surface area (Å²) in [6, 6.07) is 6.89. The number of halogens is 1. The molecule has 0 bridgehead atoms. The van der Waals surface area contributed by atoms with Crippen molar-refractivity contribution >= 4 is 0 Å². The molecule has 2 heteroatoms. The van der Waals surface area contributed by atoms with Crippen LogP contribution in [0.1, 0.15) is 83.1 Å². The molecule has 0 radical (unpaired) electrons. The monoisotopic (exact) mass is 321 g/mol. The minimum absolute atomic E-state index is 0.142. The molecule has 0 saturated heterocycles. The van der Waals surface area contributed by atoms with Crippen molar-refractivity contribution in [1.82, 2.24) is 5.32 Å². The highest BCUT2D eigenvalue weighted by Crippen LogP contribution is 2.09. The SMILES string of the molecule is CCCCCCCCCCCNCCCCc1ccc(F)cc1. The van der Waals surface area contributed by atoms with Crippen molar-refractivity contribution in [2.75, 3.05) is 13.1 Å². The lowest BCUT2D eigenvalue weighted by atomic mass is 10.1. The molecule has 1 rings (SSSR count). The summed E-state index contributed by atoms with van der Waals surface area (Å²) in [4.78, 5) is 0. The summed E-state index contributed by atoms with van der Waals surface area (Å²) in [6.45, 7) is 4.54. The molecule has 0 spiro atoms. The van der Waals surface area contributed by atoms with Crippen LogP contribution in [-0.4, -0.2) is 13.1 Å². The third-order valence-electron chi connectivity index (χ3n) is 4.44. The van der Waals surface area contributed by atoms with Crippen LogP contribution < -0.4 is 5.32 Å². The lowest BCUT2D eigenvalue weighted by molar-refractivity contribution is 0.542. The zero-order chi connectivity index (χ0) is 16.6. The molecular weight excluding hydrogens is 285 g/mol. The van der Waals surface area contributed by atoms with Gasteiger partial charge in [0, 0.05) is 0 Å². The van der Waals surface area contributed by atoms with Crippen LogP contribution in [0.5, 0.6) is 0 Å². The van der Waals surface area contributed by atoms with Gasteiger partial charge in [-0.2, -0.15) is 0 Å². The van der Waals surface area contributed by atoms with Gasteiger partial charge >= 0.3 is 0 Å². The summed E-state index contributed by atoms with van der Waals surface area (Å²) in [7, 11) is 0. The van der Waals surface area contributed by atoms with Crippen LogP contribution in [0.4, 0.5) is 4.39 Å². The molecule has 0 unspecified atom stereocenters. The molecular formula is C21H36FN. The first kappa shape index (κ1) is 20.2. The number of benzene rings is 1. The quantitative estimate of drug-likeness (QED) is 0.375. The Labute approximate surface area is 143 Å². The molecule has 0 aromatic heterocycles. The summed E-state index contributed by atoms with van der Waals surface area (Å²) in [5.41, 5.74) is 1.24. The van der Waals surface area contributed by atoms with E-state index in [1.807, 2.05) is 12.1 Å². The van der Waals surface area contributed by atoms with Crippen molar-refractivity contribution in [3.05, 3.63) is 35.6 Å². The van der Waals surface area contributed by atoms with E-state index in [1.54, 1.807) is 12.1 Å². The van der Waals surface area contributed by atoms with Crippen LogP contribution in [0, 0.1) is 5.82 Å². The van der Waals surface area contributed by atoms with Gasteiger partial charge in [0.25, 0.3) is 0 Å². The Morgan fingerprint density at radius 2 is 1.22 bits per heavy atom. The van der Waals surface area contributed by atoms with E-state index >= 15 is 0 Å². The molecule has 23 heavy (non-hydrogen) atoms. The molecule has 132 valence electrons. The highest BCUT2D eigenvalue weighted by atomic mass is 19.1. The van der Waals surface area contributed by atoms with E-state index < -0.39 is 0 Å². The fourth-order valence-electron chi connectivity index (χ4n) is 2.92. The van der Waals surface area contributed by atoms with E-state index in [0.29, 0.717) is 0 Å². The third-order valence-corrected chi connectivity index (χ3v) is 4.44. The first-order valence-corrected chi connectivity index (χ1v) is 9.78. The maximum Gasteiger partial charge on any atom is 0.123 e. The largest absolute Gasteiger partial charge is 0.317 e. The molecule has 0 aliphatic carbocycles. The van der Waals surface area contributed by atoms with Crippen LogP contribution in [0.15, 0.2) is 24.3 Å². The first-order chi connectivity index (χ1) is 11.3. The molecule has 1 N–H and O–H groups in total. The van der Waals surface area contributed by atoms with Gasteiger partial charge in [-0.05, 0) is 56.5 Å². The van der Waals surface area contributed by atoms with Gasteiger partial charge in [-0.25, -0.2) is 4.39 Å². The van der Waals surface area contributed by atoms with E-state index in [9.17, 15) is 4.39 Å². The van der Waals surface area contributed by atoms with Gasteiger partial charge in [-0.3, -0.25) is 0 Å². The summed E-state index contributed by atoms with van der Waals surface area (Å²) in [5.74, 6) is -0.142. The third kappa shape index (κ3) is 12.2. The van der Waals surface area contributed by atoms with Crippen molar-refractivity contribution in [3.8, 4) is 0 Å². The number of unbranched alkanes of at least 4 members (excludes halogenated alkanes) is 9. The van der Waals surface area contributed by atoms with Crippen molar-refractivity contribution in [2.24, 2.45) is 0 Å². The molecule has 1 aromatic rings. The minimum atomic E-state index is -0.142. The molecule has 0 saturated carbocycles. The Bertz CT molecular complexity index is 361. The zero-order valence-electron chi connectivity index (χ0n) is 15.1. The van der Waals surface area contributed by atoms with Crippen LogP contribution in [0.25, 0.3) is 0 Å². The van der Waals surface area contributed by atoms with Crippen molar-refractivity contribution in [2.45, 2.75) is 84.0 Å². The topological polar surface area (TPSA) is 12.0 Å². The standard InChI is InChI=1S/C21H36FN/c1-2-3-4-5-6-7-8-9-11-18-23-19-12-10-13-20-14-16-21(22)17-15-20/h14-17,23H,2-13,18-19H2,1H3. The van der Waals surface area contributed by atoms with Crippen LogP contribution >= 0.6 is 0 Å². The van der Waals surface area contributed by atoms with Gasteiger partial charge in [0.2, 0.25) is 0 Å². The second-order valence-corrected chi connectivity index (χ2v) is 6.66. The summed E-state index contributed by atoms with van der Waals surface area (Å²) >= 11 is 0. The lowest BCUT2D eigenvalue weighted by Crippen LogP contribution is -2.16. The number of hydrogen-bond acceptors (Lipinski definition) is 1. The van der Waals surface area contributed by atoms with Crippen molar-refractivity contribution in [3.63, 3.8) is 0 Å². The van der Waals surface area contributed by atoms with Gasteiger partial charge < -0.3 is 5.32 Å². The summed E-state index contributed by atoms with van der Waals surface area (Å²) in [6.07, 6.45) is 16.0. The normalized spacial score (nSPS) is 11.0. The average Bonchev–Trinajstić information content (AvgIpc) is 2.57. The number of nitrogens with one attached hydrogen (secondary N) is 1. The van der Waals surface area contributed by atoms with Gasteiger partial charge in [-0.1, -0.05) is 70.4 Å². The fourth-order valence-corrected chi connectivity index (χ4v) is 2.92. The fraction of sp³-hybridized carbons (Fsp3) is 0.714. The molecule has 0 aliphatic rings. The van der Waals surface area contributed by atoms with Gasteiger partial charge in [0.15, 0.2) is 0 Å². The minimum Gasteiger partial charge on any atom is -0.317 e. The van der Waals surface area contributed by atoms with Crippen molar-refractivity contribution in [1.29, 1.82) is 0 Å².